The Morgan fingerprint density at radius 2 is 0.741 bits per heavy atom. The number of allylic oxidation sites excluding steroid dienone is 4. The summed E-state index contributed by atoms with van der Waals surface area (Å²) in [7, 11) is 0. The third-order valence-electron chi connectivity index (χ3n) is 11.3. The van der Waals surface area contributed by atoms with Crippen molar-refractivity contribution in [2.45, 2.75) is 276 Å². The molecule has 0 radical (unpaired) electrons. The van der Waals surface area contributed by atoms with Gasteiger partial charge in [0.1, 0.15) is 6.10 Å². The third kappa shape index (κ3) is 39.1. The highest BCUT2D eigenvalue weighted by Gasteiger charge is 2.26. The molecule has 0 aromatic rings. The first-order valence-electron chi connectivity index (χ1n) is 24.1. The van der Waals surface area contributed by atoms with Gasteiger partial charge in [-0.1, -0.05) is 212 Å². The normalized spacial score (nSPS) is 13.6. The number of nitrogens with one attached hydrogen (secondary N) is 1. The van der Waals surface area contributed by atoms with Gasteiger partial charge in [-0.2, -0.15) is 0 Å². The molecule has 3 atom stereocenters. The van der Waals surface area contributed by atoms with E-state index < -0.39 is 18.2 Å². The van der Waals surface area contributed by atoms with E-state index in [1.165, 1.54) is 193 Å². The van der Waals surface area contributed by atoms with E-state index in [0.29, 0.717) is 12.8 Å². The minimum atomic E-state index is -1.16. The van der Waals surface area contributed by atoms with Crippen molar-refractivity contribution in [3.8, 4) is 0 Å². The van der Waals surface area contributed by atoms with Crippen LogP contribution in [0.3, 0.4) is 0 Å². The van der Waals surface area contributed by atoms with Crippen LogP contribution in [0.5, 0.6) is 0 Å². The van der Waals surface area contributed by atoms with Crippen LogP contribution in [0.2, 0.25) is 0 Å². The number of carbonyl (C=O) groups excluding carboxylic acids is 1. The molecule has 0 aliphatic rings. The van der Waals surface area contributed by atoms with Gasteiger partial charge in [0.05, 0.1) is 18.8 Å². The molecule has 5 nitrogen and oxygen atoms in total. The maximum atomic E-state index is 12.5. The Balaban J connectivity index is 3.63. The molecule has 4 N–H and O–H groups in total. The number of rotatable bonds is 44. The lowest BCUT2D eigenvalue weighted by atomic mass is 10.0. The van der Waals surface area contributed by atoms with E-state index in [-0.39, 0.29) is 12.5 Å². The zero-order chi connectivity index (χ0) is 39.4. The Morgan fingerprint density at radius 3 is 1.07 bits per heavy atom. The van der Waals surface area contributed by atoms with Crippen LogP contribution in [0, 0.1) is 0 Å². The summed E-state index contributed by atoms with van der Waals surface area (Å²) in [6.07, 6.45) is 54.4. The van der Waals surface area contributed by atoms with Crippen molar-refractivity contribution in [3.63, 3.8) is 0 Å². The summed E-state index contributed by atoms with van der Waals surface area (Å²) in [6.45, 7) is 4.19. The largest absolute Gasteiger partial charge is 0.394 e. The molecule has 0 spiro atoms. The van der Waals surface area contributed by atoms with E-state index in [9.17, 15) is 20.1 Å². The SMILES string of the molecule is CCCCCCCCCCCCC/C=C\CCCCCCCCCC(=O)NC(CO)C(O)C(O)CCC/C=C/CCCCCCCCCCCCCCC. The lowest BCUT2D eigenvalue weighted by molar-refractivity contribution is -0.124. The number of carbonyl (C=O) groups is 1. The van der Waals surface area contributed by atoms with Crippen LogP contribution in [0.1, 0.15) is 258 Å². The summed E-state index contributed by atoms with van der Waals surface area (Å²) < 4.78 is 0. The molecule has 0 aliphatic carbocycles. The van der Waals surface area contributed by atoms with Crippen molar-refractivity contribution in [2.75, 3.05) is 6.61 Å². The highest BCUT2D eigenvalue weighted by atomic mass is 16.3. The summed E-state index contributed by atoms with van der Waals surface area (Å²) in [5.74, 6) is -0.156. The maximum Gasteiger partial charge on any atom is 0.220 e. The van der Waals surface area contributed by atoms with Crippen LogP contribution in [0.25, 0.3) is 0 Å². The van der Waals surface area contributed by atoms with Crippen molar-refractivity contribution >= 4 is 5.91 Å². The number of hydrogen-bond acceptors (Lipinski definition) is 4. The van der Waals surface area contributed by atoms with Crippen LogP contribution in [-0.4, -0.2) is 46.1 Å². The number of hydrogen-bond donors (Lipinski definition) is 4. The highest BCUT2D eigenvalue weighted by molar-refractivity contribution is 5.76. The fraction of sp³-hybridized carbons (Fsp3) is 0.898. The zero-order valence-electron chi connectivity index (χ0n) is 36.4. The maximum absolute atomic E-state index is 12.5. The van der Waals surface area contributed by atoms with Crippen molar-refractivity contribution in [1.82, 2.24) is 5.32 Å². The first-order chi connectivity index (χ1) is 26.6. The number of unbranched alkanes of at least 4 members (excludes halogenated alkanes) is 32. The predicted molar refractivity (Wildman–Crippen MR) is 236 cm³/mol. The van der Waals surface area contributed by atoms with Crippen molar-refractivity contribution < 1.29 is 20.1 Å². The second-order valence-corrected chi connectivity index (χ2v) is 16.7. The average Bonchev–Trinajstić information content (AvgIpc) is 3.18. The molecular weight excluding hydrogens is 667 g/mol. The van der Waals surface area contributed by atoms with Gasteiger partial charge in [-0.15, -0.1) is 0 Å². The van der Waals surface area contributed by atoms with Crippen LogP contribution >= 0.6 is 0 Å². The van der Waals surface area contributed by atoms with Crippen molar-refractivity contribution in [1.29, 1.82) is 0 Å². The van der Waals surface area contributed by atoms with Gasteiger partial charge < -0.3 is 20.6 Å². The van der Waals surface area contributed by atoms with Gasteiger partial charge in [0, 0.05) is 6.42 Å². The lowest BCUT2D eigenvalue weighted by Crippen LogP contribution is -2.50. The fourth-order valence-corrected chi connectivity index (χ4v) is 7.51. The molecule has 0 saturated heterocycles. The molecule has 0 aliphatic heterocycles. The summed E-state index contributed by atoms with van der Waals surface area (Å²) in [5.41, 5.74) is 0. The molecule has 0 rings (SSSR count). The van der Waals surface area contributed by atoms with E-state index in [4.69, 9.17) is 0 Å². The van der Waals surface area contributed by atoms with Crippen LogP contribution in [-0.2, 0) is 4.79 Å². The second kappa shape index (κ2) is 44.5. The van der Waals surface area contributed by atoms with Crippen molar-refractivity contribution in [3.05, 3.63) is 24.3 Å². The second-order valence-electron chi connectivity index (χ2n) is 16.7. The Hall–Kier alpha value is -1.17. The lowest BCUT2D eigenvalue weighted by Gasteiger charge is -2.26. The van der Waals surface area contributed by atoms with Gasteiger partial charge in [-0.05, 0) is 64.2 Å². The molecule has 0 saturated carbocycles. The molecule has 3 unspecified atom stereocenters. The molecule has 0 aromatic carbocycles. The molecule has 320 valence electrons. The van der Waals surface area contributed by atoms with Gasteiger partial charge in [0.2, 0.25) is 5.91 Å². The Kier molecular flexibility index (Phi) is 43.6. The van der Waals surface area contributed by atoms with Crippen molar-refractivity contribution in [2.24, 2.45) is 0 Å². The first kappa shape index (κ1) is 52.8. The number of amides is 1. The van der Waals surface area contributed by atoms with Crippen LogP contribution in [0.15, 0.2) is 24.3 Å². The average molecular weight is 762 g/mol. The number of aliphatic hydroxyl groups excluding tert-OH is 3. The zero-order valence-corrected chi connectivity index (χ0v) is 36.4. The monoisotopic (exact) mass is 762 g/mol. The summed E-state index contributed by atoms with van der Waals surface area (Å²) in [5, 5.41) is 33.6. The predicted octanol–water partition coefficient (Wildman–Crippen LogP) is 14.2. The molecule has 0 heterocycles. The van der Waals surface area contributed by atoms with E-state index in [2.05, 4.69) is 43.5 Å². The van der Waals surface area contributed by atoms with Gasteiger partial charge in [0.25, 0.3) is 0 Å². The van der Waals surface area contributed by atoms with E-state index >= 15 is 0 Å². The standard InChI is InChI=1S/C49H95NO4/c1-3-5-7-9-11-13-15-17-19-21-23-24-25-26-28-30-32-34-36-38-40-42-44-48(53)50-46(45-51)49(54)47(52)43-41-39-37-35-33-31-29-27-22-20-18-16-14-12-10-8-6-4-2/h25-26,35,37,46-47,49,51-52,54H,3-24,27-34,36,38-45H2,1-2H3,(H,50,53)/b26-25-,37-35+. The quantitative estimate of drug-likeness (QED) is 0.0368. The molecule has 0 fully saturated rings. The van der Waals surface area contributed by atoms with Crippen LogP contribution < -0.4 is 5.32 Å². The molecular formula is C49H95NO4. The minimum Gasteiger partial charge on any atom is -0.394 e. The molecule has 0 aromatic heterocycles. The molecule has 54 heavy (non-hydrogen) atoms. The summed E-state index contributed by atoms with van der Waals surface area (Å²) in [4.78, 5) is 12.5. The van der Waals surface area contributed by atoms with Gasteiger partial charge in [-0.25, -0.2) is 0 Å². The van der Waals surface area contributed by atoms with Crippen LogP contribution in [0.4, 0.5) is 0 Å². The molecule has 1 amide bonds. The summed E-state index contributed by atoms with van der Waals surface area (Å²) in [6, 6.07) is -0.827. The van der Waals surface area contributed by atoms with E-state index in [0.717, 1.165) is 38.5 Å². The van der Waals surface area contributed by atoms with E-state index in [1.807, 2.05) is 0 Å². The van der Waals surface area contributed by atoms with Gasteiger partial charge >= 0.3 is 0 Å². The topological polar surface area (TPSA) is 89.8 Å². The summed E-state index contributed by atoms with van der Waals surface area (Å²) >= 11 is 0. The molecule has 5 heteroatoms. The number of aliphatic hydroxyl groups is 3. The highest BCUT2D eigenvalue weighted by Crippen LogP contribution is 2.16. The Bertz CT molecular complexity index is 799. The van der Waals surface area contributed by atoms with E-state index in [1.54, 1.807) is 0 Å². The van der Waals surface area contributed by atoms with Gasteiger partial charge in [-0.3, -0.25) is 4.79 Å². The Morgan fingerprint density at radius 1 is 0.444 bits per heavy atom. The third-order valence-corrected chi connectivity index (χ3v) is 11.3. The van der Waals surface area contributed by atoms with Gasteiger partial charge in [0.15, 0.2) is 0 Å². The minimum absolute atomic E-state index is 0.156. The first-order valence-corrected chi connectivity index (χ1v) is 24.1. The Labute approximate surface area is 337 Å². The fourth-order valence-electron chi connectivity index (χ4n) is 7.51. The molecule has 0 bridgehead atoms. The smallest absolute Gasteiger partial charge is 0.220 e.